The van der Waals surface area contributed by atoms with Crippen LogP contribution in [0.1, 0.15) is 19.8 Å². The Bertz CT molecular complexity index is 188. The van der Waals surface area contributed by atoms with Crippen LogP contribution in [0.5, 0.6) is 0 Å². The maximum Gasteiger partial charge on any atom is 0.309 e. The van der Waals surface area contributed by atoms with Gasteiger partial charge in [0.1, 0.15) is 0 Å². The largest absolute Gasteiger partial charge is 0.481 e. The van der Waals surface area contributed by atoms with E-state index >= 15 is 0 Å². The predicted octanol–water partition coefficient (Wildman–Crippen LogP) is 0.886. The summed E-state index contributed by atoms with van der Waals surface area (Å²) < 4.78 is 5.42. The van der Waals surface area contributed by atoms with Gasteiger partial charge < -0.3 is 9.84 Å². The van der Waals surface area contributed by atoms with Gasteiger partial charge in [0.25, 0.3) is 0 Å². The zero-order chi connectivity index (χ0) is 8.06. The minimum atomic E-state index is -0.697. The van der Waals surface area contributed by atoms with Crippen molar-refractivity contribution in [1.29, 1.82) is 0 Å². The maximum absolute atomic E-state index is 10.6. The summed E-state index contributed by atoms with van der Waals surface area (Å²) in [7, 11) is 0. The summed E-state index contributed by atoms with van der Waals surface area (Å²) in [6.07, 6.45) is 1.87. The van der Waals surface area contributed by atoms with E-state index in [9.17, 15) is 4.79 Å². The summed E-state index contributed by atoms with van der Waals surface area (Å²) >= 11 is 0. The second-order valence-corrected chi connectivity index (χ2v) is 3.87. The molecule has 11 heavy (non-hydrogen) atoms. The average molecular weight is 156 g/mol. The van der Waals surface area contributed by atoms with Crippen molar-refractivity contribution in [2.24, 2.45) is 11.8 Å². The van der Waals surface area contributed by atoms with Crippen LogP contribution in [-0.4, -0.2) is 23.3 Å². The van der Waals surface area contributed by atoms with E-state index in [2.05, 4.69) is 6.92 Å². The van der Waals surface area contributed by atoms with Crippen LogP contribution in [-0.2, 0) is 9.53 Å². The quantitative estimate of drug-likeness (QED) is 0.613. The zero-order valence-electron chi connectivity index (χ0n) is 6.54. The van der Waals surface area contributed by atoms with Crippen molar-refractivity contribution in [1.82, 2.24) is 0 Å². The van der Waals surface area contributed by atoms with Gasteiger partial charge in [-0.2, -0.15) is 0 Å². The molecule has 2 heterocycles. The Hall–Kier alpha value is -0.570. The molecule has 1 saturated carbocycles. The molecule has 0 spiro atoms. The van der Waals surface area contributed by atoms with E-state index < -0.39 is 5.97 Å². The van der Waals surface area contributed by atoms with Gasteiger partial charge >= 0.3 is 5.97 Å². The first-order chi connectivity index (χ1) is 5.11. The van der Waals surface area contributed by atoms with E-state index in [0.717, 1.165) is 12.8 Å². The molecule has 0 aromatic heterocycles. The second kappa shape index (κ2) is 1.97. The van der Waals surface area contributed by atoms with Gasteiger partial charge in [-0.15, -0.1) is 0 Å². The van der Waals surface area contributed by atoms with Gasteiger partial charge in [-0.05, 0) is 25.7 Å². The predicted molar refractivity (Wildman–Crippen MR) is 38.2 cm³/mol. The number of hydrogen-bond acceptors (Lipinski definition) is 2. The van der Waals surface area contributed by atoms with E-state index in [-0.39, 0.29) is 11.5 Å². The number of aliphatic carboxylic acids is 1. The summed E-state index contributed by atoms with van der Waals surface area (Å²) in [6, 6.07) is 0. The van der Waals surface area contributed by atoms with Crippen LogP contribution in [0.15, 0.2) is 0 Å². The summed E-state index contributed by atoms with van der Waals surface area (Å²) in [5.41, 5.74) is 0.0244. The molecule has 3 rings (SSSR count). The summed E-state index contributed by atoms with van der Waals surface area (Å²) in [4.78, 5) is 10.6. The Morgan fingerprint density at radius 3 is 2.64 bits per heavy atom. The monoisotopic (exact) mass is 156 g/mol. The van der Waals surface area contributed by atoms with Crippen molar-refractivity contribution in [3.8, 4) is 0 Å². The first kappa shape index (κ1) is 7.10. The number of ether oxygens (including phenoxy) is 1. The molecule has 1 unspecified atom stereocenters. The molecule has 0 aromatic rings. The van der Waals surface area contributed by atoms with Gasteiger partial charge in [-0.1, -0.05) is 0 Å². The van der Waals surface area contributed by atoms with Gasteiger partial charge in [0, 0.05) is 0 Å². The summed E-state index contributed by atoms with van der Waals surface area (Å²) in [5, 5.41) is 8.74. The molecule has 2 bridgehead atoms. The van der Waals surface area contributed by atoms with Crippen molar-refractivity contribution in [3.63, 3.8) is 0 Å². The van der Waals surface area contributed by atoms with Gasteiger partial charge in [0.2, 0.25) is 0 Å². The standard InChI is InChI=1S/C8H12O3/c1-8-2-5(3-8)6(4-11-8)7(9)10/h5-6H,2-4H2,1H3,(H,9,10). The van der Waals surface area contributed by atoms with E-state index in [1.54, 1.807) is 0 Å². The lowest BCUT2D eigenvalue weighted by molar-refractivity contribution is -0.205. The van der Waals surface area contributed by atoms with Crippen LogP contribution in [0.2, 0.25) is 0 Å². The molecule has 2 aliphatic heterocycles. The van der Waals surface area contributed by atoms with E-state index in [0.29, 0.717) is 12.5 Å². The second-order valence-electron chi connectivity index (χ2n) is 3.87. The van der Waals surface area contributed by atoms with E-state index in [1.807, 2.05) is 0 Å². The Balaban J connectivity index is 2.04. The number of hydrogen-bond donors (Lipinski definition) is 1. The third kappa shape index (κ3) is 0.948. The minimum Gasteiger partial charge on any atom is -0.481 e. The van der Waals surface area contributed by atoms with Crippen LogP contribution >= 0.6 is 0 Å². The van der Waals surface area contributed by atoms with Crippen LogP contribution < -0.4 is 0 Å². The molecule has 1 atom stereocenters. The topological polar surface area (TPSA) is 46.5 Å². The Morgan fingerprint density at radius 1 is 1.64 bits per heavy atom. The molecule has 0 amide bonds. The Labute approximate surface area is 65.4 Å². The van der Waals surface area contributed by atoms with Crippen molar-refractivity contribution < 1.29 is 14.6 Å². The number of carboxylic acids is 1. The van der Waals surface area contributed by atoms with Crippen molar-refractivity contribution in [2.75, 3.05) is 6.61 Å². The van der Waals surface area contributed by atoms with Crippen LogP contribution in [0.25, 0.3) is 0 Å². The number of fused-ring (bicyclic) bond motifs is 2. The van der Waals surface area contributed by atoms with E-state index in [1.165, 1.54) is 0 Å². The fourth-order valence-electron chi connectivity index (χ4n) is 2.15. The lowest BCUT2D eigenvalue weighted by Crippen LogP contribution is -2.55. The molecular weight excluding hydrogens is 144 g/mol. The Kier molecular flexibility index (Phi) is 1.27. The zero-order valence-corrected chi connectivity index (χ0v) is 6.54. The molecule has 1 aliphatic carbocycles. The smallest absolute Gasteiger partial charge is 0.309 e. The number of rotatable bonds is 1. The SMILES string of the molecule is CC12CC(C1)C(C(=O)O)CO2. The van der Waals surface area contributed by atoms with Crippen molar-refractivity contribution >= 4 is 5.97 Å². The lowest BCUT2D eigenvalue weighted by atomic mass is 9.64. The van der Waals surface area contributed by atoms with Crippen LogP contribution in [0, 0.1) is 11.8 Å². The third-order valence-corrected chi connectivity index (χ3v) is 2.89. The maximum atomic E-state index is 10.6. The fraction of sp³-hybridized carbons (Fsp3) is 0.875. The first-order valence-corrected chi connectivity index (χ1v) is 3.97. The fourth-order valence-corrected chi connectivity index (χ4v) is 2.15. The molecular formula is C8H12O3. The number of carboxylic acid groups (broad SMARTS) is 1. The molecule has 62 valence electrons. The van der Waals surface area contributed by atoms with Crippen LogP contribution in [0.4, 0.5) is 0 Å². The molecule has 1 N–H and O–H groups in total. The molecule has 3 aliphatic rings. The minimum absolute atomic E-state index is 0.0244. The molecule has 3 nitrogen and oxygen atoms in total. The highest BCUT2D eigenvalue weighted by molar-refractivity contribution is 5.71. The highest BCUT2D eigenvalue weighted by Gasteiger charge is 2.51. The van der Waals surface area contributed by atoms with Crippen molar-refractivity contribution in [3.05, 3.63) is 0 Å². The van der Waals surface area contributed by atoms with Gasteiger partial charge in [-0.3, -0.25) is 4.79 Å². The van der Waals surface area contributed by atoms with E-state index in [4.69, 9.17) is 9.84 Å². The highest BCUT2D eigenvalue weighted by atomic mass is 16.5. The summed E-state index contributed by atoms with van der Waals surface area (Å²) in [5.74, 6) is -0.556. The molecule has 3 heteroatoms. The van der Waals surface area contributed by atoms with Crippen molar-refractivity contribution in [2.45, 2.75) is 25.4 Å². The molecule has 2 saturated heterocycles. The molecule has 0 aromatic carbocycles. The normalized spacial score (nSPS) is 48.1. The average Bonchev–Trinajstić information content (AvgIpc) is 1.85. The van der Waals surface area contributed by atoms with Gasteiger partial charge in [0.15, 0.2) is 0 Å². The third-order valence-electron chi connectivity index (χ3n) is 2.89. The lowest BCUT2D eigenvalue weighted by Gasteiger charge is -2.52. The number of carbonyl (C=O) groups is 1. The molecule has 3 fully saturated rings. The first-order valence-electron chi connectivity index (χ1n) is 3.97. The Morgan fingerprint density at radius 2 is 2.27 bits per heavy atom. The van der Waals surface area contributed by atoms with Gasteiger partial charge in [-0.25, -0.2) is 0 Å². The van der Waals surface area contributed by atoms with Crippen LogP contribution in [0.3, 0.4) is 0 Å². The summed E-state index contributed by atoms with van der Waals surface area (Å²) in [6.45, 7) is 2.47. The van der Waals surface area contributed by atoms with Gasteiger partial charge in [0.05, 0.1) is 18.1 Å². The molecule has 0 radical (unpaired) electrons. The highest BCUT2D eigenvalue weighted by Crippen LogP contribution is 2.49.